The summed E-state index contributed by atoms with van der Waals surface area (Å²) in [6, 6.07) is 8.23. The van der Waals surface area contributed by atoms with Gasteiger partial charge in [0.15, 0.2) is 6.61 Å². The van der Waals surface area contributed by atoms with Crippen molar-refractivity contribution in [2.45, 2.75) is 6.92 Å². The number of halogens is 2. The van der Waals surface area contributed by atoms with Crippen LogP contribution in [-0.2, 0) is 4.79 Å². The second kappa shape index (κ2) is 7.44. The van der Waals surface area contributed by atoms with Crippen LogP contribution in [0.25, 0.3) is 0 Å². The summed E-state index contributed by atoms with van der Waals surface area (Å²) in [5.74, 6) is 0.568. The van der Waals surface area contributed by atoms with E-state index in [9.17, 15) is 4.79 Å². The van der Waals surface area contributed by atoms with Gasteiger partial charge in [0.1, 0.15) is 11.5 Å². The molecule has 0 bridgehead atoms. The molecule has 122 valence electrons. The lowest BCUT2D eigenvalue weighted by atomic mass is 10.2. The summed E-state index contributed by atoms with van der Waals surface area (Å²) in [5, 5.41) is 3.54. The Balaban J connectivity index is 2.05. The zero-order chi connectivity index (χ0) is 17.0. The van der Waals surface area contributed by atoms with Crippen molar-refractivity contribution in [1.82, 2.24) is 0 Å². The number of amides is 1. The van der Waals surface area contributed by atoms with E-state index in [-0.39, 0.29) is 12.5 Å². The zero-order valence-corrected chi connectivity index (χ0v) is 14.2. The minimum atomic E-state index is -0.362. The van der Waals surface area contributed by atoms with Gasteiger partial charge in [0.25, 0.3) is 5.91 Å². The molecule has 2 aromatic carbocycles. The van der Waals surface area contributed by atoms with E-state index < -0.39 is 0 Å². The predicted octanol–water partition coefficient (Wildman–Crippen LogP) is 3.91. The fraction of sp³-hybridized carbons (Fsp3) is 0.188. The maximum Gasteiger partial charge on any atom is 0.262 e. The van der Waals surface area contributed by atoms with Gasteiger partial charge in [0.05, 0.1) is 17.8 Å². The Hall–Kier alpha value is -2.11. The van der Waals surface area contributed by atoms with E-state index in [1.165, 1.54) is 7.11 Å². The Kier molecular flexibility index (Phi) is 5.58. The molecule has 2 rings (SSSR count). The van der Waals surface area contributed by atoms with Crippen molar-refractivity contribution >= 4 is 40.5 Å². The van der Waals surface area contributed by atoms with Crippen LogP contribution >= 0.6 is 23.2 Å². The van der Waals surface area contributed by atoms with Crippen molar-refractivity contribution < 1.29 is 14.3 Å². The van der Waals surface area contributed by atoms with Gasteiger partial charge in [-0.2, -0.15) is 0 Å². The third kappa shape index (κ3) is 4.43. The van der Waals surface area contributed by atoms with Crippen molar-refractivity contribution in [3.8, 4) is 11.5 Å². The third-order valence-electron chi connectivity index (χ3n) is 3.04. The SMILES string of the molecule is COc1ccc(N)cc1NC(=O)COc1c(C)cc(Cl)cc1Cl. The van der Waals surface area contributed by atoms with Crippen LogP contribution in [-0.4, -0.2) is 19.6 Å². The molecule has 0 spiro atoms. The van der Waals surface area contributed by atoms with Crippen LogP contribution in [0, 0.1) is 6.92 Å². The minimum Gasteiger partial charge on any atom is -0.495 e. The number of rotatable bonds is 5. The first-order valence-corrected chi connectivity index (χ1v) is 7.48. The Morgan fingerprint density at radius 3 is 2.65 bits per heavy atom. The molecule has 7 heteroatoms. The molecule has 0 aliphatic carbocycles. The van der Waals surface area contributed by atoms with E-state index >= 15 is 0 Å². The molecule has 3 N–H and O–H groups in total. The van der Waals surface area contributed by atoms with Gasteiger partial charge in [-0.3, -0.25) is 4.79 Å². The van der Waals surface area contributed by atoms with E-state index in [0.29, 0.717) is 32.9 Å². The number of carbonyl (C=O) groups is 1. The number of nitrogens with one attached hydrogen (secondary N) is 1. The lowest BCUT2D eigenvalue weighted by Gasteiger charge is -2.13. The number of methoxy groups -OCH3 is 1. The molecule has 5 nitrogen and oxygen atoms in total. The predicted molar refractivity (Wildman–Crippen MR) is 92.7 cm³/mol. The van der Waals surface area contributed by atoms with Crippen LogP contribution in [0.5, 0.6) is 11.5 Å². The van der Waals surface area contributed by atoms with Gasteiger partial charge in [0, 0.05) is 10.7 Å². The van der Waals surface area contributed by atoms with Gasteiger partial charge in [0.2, 0.25) is 0 Å². The molecule has 0 saturated carbocycles. The fourth-order valence-corrected chi connectivity index (χ4v) is 2.67. The molecular weight excluding hydrogens is 339 g/mol. The lowest BCUT2D eigenvalue weighted by molar-refractivity contribution is -0.118. The Bertz CT molecular complexity index is 712. The van der Waals surface area contributed by atoms with Crippen LogP contribution in [0.2, 0.25) is 10.0 Å². The second-order valence-electron chi connectivity index (χ2n) is 4.83. The third-order valence-corrected chi connectivity index (χ3v) is 3.54. The van der Waals surface area contributed by atoms with Gasteiger partial charge in [-0.15, -0.1) is 0 Å². The smallest absolute Gasteiger partial charge is 0.262 e. The largest absolute Gasteiger partial charge is 0.495 e. The number of hydrogen-bond acceptors (Lipinski definition) is 4. The van der Waals surface area contributed by atoms with Crippen LogP contribution in [0.4, 0.5) is 11.4 Å². The number of ether oxygens (including phenoxy) is 2. The lowest BCUT2D eigenvalue weighted by Crippen LogP contribution is -2.21. The molecule has 1 amide bonds. The minimum absolute atomic E-state index is 0.208. The van der Waals surface area contributed by atoms with Gasteiger partial charge in [-0.1, -0.05) is 23.2 Å². The highest BCUT2D eigenvalue weighted by molar-refractivity contribution is 6.35. The second-order valence-corrected chi connectivity index (χ2v) is 5.67. The van der Waals surface area contributed by atoms with Crippen LogP contribution < -0.4 is 20.5 Å². The van der Waals surface area contributed by atoms with Crippen molar-refractivity contribution in [3.63, 3.8) is 0 Å². The van der Waals surface area contributed by atoms with Crippen molar-refractivity contribution in [2.75, 3.05) is 24.8 Å². The zero-order valence-electron chi connectivity index (χ0n) is 12.7. The van der Waals surface area contributed by atoms with E-state index in [2.05, 4.69) is 5.32 Å². The highest BCUT2D eigenvalue weighted by atomic mass is 35.5. The summed E-state index contributed by atoms with van der Waals surface area (Å²) in [4.78, 5) is 12.1. The number of benzene rings is 2. The number of aryl methyl sites for hydroxylation is 1. The monoisotopic (exact) mass is 354 g/mol. The van der Waals surface area contributed by atoms with Crippen molar-refractivity contribution in [1.29, 1.82) is 0 Å². The maximum atomic E-state index is 12.1. The summed E-state index contributed by atoms with van der Waals surface area (Å²) in [5.41, 5.74) is 7.44. The molecule has 0 atom stereocenters. The summed E-state index contributed by atoms with van der Waals surface area (Å²) in [6.07, 6.45) is 0. The molecule has 0 radical (unpaired) electrons. The molecule has 0 saturated heterocycles. The number of nitrogen functional groups attached to an aromatic ring is 1. The van der Waals surface area contributed by atoms with Crippen molar-refractivity contribution in [2.24, 2.45) is 0 Å². The van der Waals surface area contributed by atoms with Crippen molar-refractivity contribution in [3.05, 3.63) is 45.9 Å². The molecule has 0 fully saturated rings. The first kappa shape index (κ1) is 17.2. The van der Waals surface area contributed by atoms with Crippen LogP contribution in [0.15, 0.2) is 30.3 Å². The maximum absolute atomic E-state index is 12.1. The van der Waals surface area contributed by atoms with Gasteiger partial charge < -0.3 is 20.5 Å². The van der Waals surface area contributed by atoms with Gasteiger partial charge >= 0.3 is 0 Å². The first-order valence-electron chi connectivity index (χ1n) is 6.72. The first-order chi connectivity index (χ1) is 10.9. The normalized spacial score (nSPS) is 10.3. The topological polar surface area (TPSA) is 73.6 Å². The molecular formula is C16H16Cl2N2O3. The van der Waals surface area contributed by atoms with E-state index in [0.717, 1.165) is 5.56 Å². The average Bonchev–Trinajstić information content (AvgIpc) is 2.46. The number of hydrogen-bond donors (Lipinski definition) is 2. The summed E-state index contributed by atoms with van der Waals surface area (Å²) >= 11 is 12.0. The molecule has 0 unspecified atom stereocenters. The Morgan fingerprint density at radius 1 is 1.26 bits per heavy atom. The van der Waals surface area contributed by atoms with E-state index in [1.54, 1.807) is 37.3 Å². The molecule has 0 aliphatic rings. The van der Waals surface area contributed by atoms with Crippen LogP contribution in [0.1, 0.15) is 5.56 Å². The average molecular weight is 355 g/mol. The highest BCUT2D eigenvalue weighted by Crippen LogP contribution is 2.32. The Morgan fingerprint density at radius 2 is 2.00 bits per heavy atom. The fourth-order valence-electron chi connectivity index (χ4n) is 2.02. The summed E-state index contributed by atoms with van der Waals surface area (Å²) < 4.78 is 10.7. The Labute approximate surface area is 144 Å². The number of nitrogens with two attached hydrogens (primary N) is 1. The standard InChI is InChI=1S/C16H16Cl2N2O3/c1-9-5-10(17)6-12(18)16(9)23-8-15(21)20-13-7-11(19)3-4-14(13)22-2/h3-7H,8,19H2,1-2H3,(H,20,21). The van der Waals surface area contributed by atoms with Gasteiger partial charge in [-0.25, -0.2) is 0 Å². The van der Waals surface area contributed by atoms with E-state index in [1.807, 2.05) is 0 Å². The molecule has 0 aromatic heterocycles. The van der Waals surface area contributed by atoms with E-state index in [4.69, 9.17) is 38.4 Å². The highest BCUT2D eigenvalue weighted by Gasteiger charge is 2.12. The van der Waals surface area contributed by atoms with Gasteiger partial charge in [-0.05, 0) is 42.8 Å². The number of carbonyl (C=O) groups excluding carboxylic acids is 1. The molecule has 0 aliphatic heterocycles. The summed E-state index contributed by atoms with van der Waals surface area (Å²) in [6.45, 7) is 1.59. The quantitative estimate of drug-likeness (QED) is 0.798. The molecule has 2 aromatic rings. The number of anilines is 2. The molecule has 23 heavy (non-hydrogen) atoms. The molecule has 0 heterocycles. The van der Waals surface area contributed by atoms with Crippen LogP contribution in [0.3, 0.4) is 0 Å². The summed E-state index contributed by atoms with van der Waals surface area (Å²) in [7, 11) is 1.51.